The number of ether oxygens (including phenoxy) is 2. The molecular weight excluding hydrogens is 266 g/mol. The highest BCUT2D eigenvalue weighted by molar-refractivity contribution is 5.83. The molecule has 0 unspecified atom stereocenters. The van der Waals surface area contributed by atoms with Crippen LogP contribution in [0.1, 0.15) is 12.0 Å². The van der Waals surface area contributed by atoms with Crippen molar-refractivity contribution >= 4 is 11.9 Å². The van der Waals surface area contributed by atoms with Crippen LogP contribution in [0.5, 0.6) is 11.5 Å². The molecule has 108 valence electrons. The fourth-order valence-electron chi connectivity index (χ4n) is 1.81. The molecule has 0 bridgehead atoms. The van der Waals surface area contributed by atoms with Crippen molar-refractivity contribution in [1.29, 1.82) is 0 Å². The summed E-state index contributed by atoms with van der Waals surface area (Å²) < 4.78 is 10.4. The van der Waals surface area contributed by atoms with Crippen molar-refractivity contribution in [3.05, 3.63) is 23.8 Å². The van der Waals surface area contributed by atoms with E-state index in [4.69, 9.17) is 19.7 Å². The third-order valence-electron chi connectivity index (χ3n) is 2.89. The summed E-state index contributed by atoms with van der Waals surface area (Å²) in [7, 11) is 0. The molecule has 2 rings (SSSR count). The lowest BCUT2D eigenvalue weighted by atomic mass is 10.1. The number of hydrogen-bond acceptors (Lipinski definition) is 5. The van der Waals surface area contributed by atoms with Crippen molar-refractivity contribution in [1.82, 2.24) is 5.32 Å². The van der Waals surface area contributed by atoms with E-state index in [0.29, 0.717) is 17.9 Å². The number of carbonyl (C=O) groups is 2. The molecule has 1 aromatic carbocycles. The second-order valence-electron chi connectivity index (χ2n) is 4.33. The van der Waals surface area contributed by atoms with Gasteiger partial charge in [-0.3, -0.25) is 4.79 Å². The number of carbonyl (C=O) groups excluding carboxylic acids is 1. The number of carboxylic acid groups (broad SMARTS) is 1. The Morgan fingerprint density at radius 3 is 2.75 bits per heavy atom. The number of aryl methyl sites for hydroxylation is 1. The van der Waals surface area contributed by atoms with Crippen LogP contribution in [-0.4, -0.2) is 41.5 Å². The van der Waals surface area contributed by atoms with Gasteiger partial charge in [0.25, 0.3) is 0 Å². The fourth-order valence-corrected chi connectivity index (χ4v) is 1.81. The van der Waals surface area contributed by atoms with Gasteiger partial charge < -0.3 is 25.0 Å². The first-order chi connectivity index (χ1) is 9.60. The van der Waals surface area contributed by atoms with Gasteiger partial charge in [-0.25, -0.2) is 4.79 Å². The first kappa shape index (κ1) is 14.1. The largest absolute Gasteiger partial charge is 0.480 e. The molecule has 0 aliphatic carbocycles. The summed E-state index contributed by atoms with van der Waals surface area (Å²) in [6.45, 7) is -0.443. The van der Waals surface area contributed by atoms with Gasteiger partial charge in [-0.2, -0.15) is 0 Å². The SMILES string of the molecule is O=C(CCc1ccc2c(c1)OCO2)N[C@H](CO)C(=O)O. The number of aliphatic hydroxyl groups is 1. The van der Waals surface area contributed by atoms with Gasteiger partial charge in [0.15, 0.2) is 11.5 Å². The van der Waals surface area contributed by atoms with Gasteiger partial charge >= 0.3 is 5.97 Å². The Morgan fingerprint density at radius 1 is 1.30 bits per heavy atom. The maximum absolute atomic E-state index is 11.6. The highest BCUT2D eigenvalue weighted by Gasteiger charge is 2.19. The van der Waals surface area contributed by atoms with E-state index in [1.165, 1.54) is 0 Å². The lowest BCUT2D eigenvalue weighted by molar-refractivity contribution is -0.142. The van der Waals surface area contributed by atoms with E-state index < -0.39 is 24.5 Å². The van der Waals surface area contributed by atoms with Gasteiger partial charge in [-0.1, -0.05) is 6.07 Å². The summed E-state index contributed by atoms with van der Waals surface area (Å²) in [5.74, 6) is -0.376. The smallest absolute Gasteiger partial charge is 0.328 e. The summed E-state index contributed by atoms with van der Waals surface area (Å²) in [4.78, 5) is 22.2. The molecule has 1 aliphatic heterocycles. The highest BCUT2D eigenvalue weighted by atomic mass is 16.7. The number of aliphatic carboxylic acids is 1. The summed E-state index contributed by atoms with van der Waals surface area (Å²) >= 11 is 0. The maximum Gasteiger partial charge on any atom is 0.328 e. The molecule has 3 N–H and O–H groups in total. The van der Waals surface area contributed by atoms with Crippen LogP contribution in [0.15, 0.2) is 18.2 Å². The third-order valence-corrected chi connectivity index (χ3v) is 2.89. The molecule has 1 atom stereocenters. The summed E-state index contributed by atoms with van der Waals surface area (Å²) in [5.41, 5.74) is 0.889. The molecule has 7 heteroatoms. The highest BCUT2D eigenvalue weighted by Crippen LogP contribution is 2.32. The van der Waals surface area contributed by atoms with Crippen LogP contribution < -0.4 is 14.8 Å². The Balaban J connectivity index is 1.85. The molecule has 0 fully saturated rings. The normalized spacial score (nSPS) is 13.8. The van der Waals surface area contributed by atoms with Gasteiger partial charge in [-0.15, -0.1) is 0 Å². The molecule has 0 saturated heterocycles. The molecule has 1 aromatic rings. The van der Waals surface area contributed by atoms with E-state index in [9.17, 15) is 9.59 Å². The molecule has 20 heavy (non-hydrogen) atoms. The maximum atomic E-state index is 11.6. The molecule has 0 spiro atoms. The van der Waals surface area contributed by atoms with Gasteiger partial charge in [0, 0.05) is 6.42 Å². The molecule has 0 saturated carbocycles. The zero-order chi connectivity index (χ0) is 14.5. The van der Waals surface area contributed by atoms with E-state index >= 15 is 0 Å². The number of nitrogens with one attached hydrogen (secondary N) is 1. The van der Waals surface area contributed by atoms with Gasteiger partial charge in [0.05, 0.1) is 6.61 Å². The van der Waals surface area contributed by atoms with Crippen LogP contribution in [0.4, 0.5) is 0 Å². The zero-order valence-electron chi connectivity index (χ0n) is 10.7. The van der Waals surface area contributed by atoms with Crippen LogP contribution in [0.25, 0.3) is 0 Å². The van der Waals surface area contributed by atoms with Gasteiger partial charge in [0.1, 0.15) is 6.04 Å². The predicted molar refractivity (Wildman–Crippen MR) is 67.5 cm³/mol. The Kier molecular flexibility index (Phi) is 4.41. The summed E-state index contributed by atoms with van der Waals surface area (Å²) in [6.07, 6.45) is 0.573. The summed E-state index contributed by atoms with van der Waals surface area (Å²) in [5, 5.41) is 19.8. The zero-order valence-corrected chi connectivity index (χ0v) is 10.7. The van der Waals surface area contributed by atoms with Crippen molar-refractivity contribution < 1.29 is 29.3 Å². The molecule has 0 radical (unpaired) electrons. The van der Waals surface area contributed by atoms with Crippen LogP contribution in [0.3, 0.4) is 0 Å². The number of rotatable bonds is 6. The van der Waals surface area contributed by atoms with E-state index in [1.54, 1.807) is 12.1 Å². The number of aliphatic hydroxyl groups excluding tert-OH is 1. The Labute approximate surface area is 115 Å². The van der Waals surface area contributed by atoms with Gasteiger partial charge in [0.2, 0.25) is 12.7 Å². The third kappa shape index (κ3) is 3.39. The average molecular weight is 281 g/mol. The number of amides is 1. The predicted octanol–water partition coefficient (Wildman–Crippen LogP) is -0.0904. The number of benzene rings is 1. The quantitative estimate of drug-likeness (QED) is 0.673. The summed E-state index contributed by atoms with van der Waals surface area (Å²) in [6, 6.07) is 4.11. The van der Waals surface area contributed by atoms with E-state index in [1.807, 2.05) is 6.07 Å². The van der Waals surface area contributed by atoms with E-state index in [-0.39, 0.29) is 13.2 Å². The van der Waals surface area contributed by atoms with Crippen LogP contribution in [0, 0.1) is 0 Å². The minimum atomic E-state index is -1.26. The van der Waals surface area contributed by atoms with Crippen molar-refractivity contribution in [3.63, 3.8) is 0 Å². The van der Waals surface area contributed by atoms with Crippen molar-refractivity contribution in [2.45, 2.75) is 18.9 Å². The average Bonchev–Trinajstić information content (AvgIpc) is 2.89. The lowest BCUT2D eigenvalue weighted by Gasteiger charge is -2.11. The first-order valence-corrected chi connectivity index (χ1v) is 6.11. The van der Waals surface area contributed by atoms with Crippen LogP contribution in [-0.2, 0) is 16.0 Å². The Hall–Kier alpha value is -2.28. The standard InChI is InChI=1S/C13H15NO6/c15-6-9(13(17)18)14-12(16)4-2-8-1-3-10-11(5-8)20-7-19-10/h1,3,5,9,15H,2,4,6-7H2,(H,14,16)(H,17,18)/t9-/m1/s1. The molecular formula is C13H15NO6. The van der Waals surface area contributed by atoms with Gasteiger partial charge in [-0.05, 0) is 24.1 Å². The van der Waals surface area contributed by atoms with Crippen molar-refractivity contribution in [3.8, 4) is 11.5 Å². The molecule has 0 aromatic heterocycles. The van der Waals surface area contributed by atoms with E-state index in [0.717, 1.165) is 5.56 Å². The molecule has 1 heterocycles. The number of hydrogen-bond donors (Lipinski definition) is 3. The molecule has 1 aliphatic rings. The van der Waals surface area contributed by atoms with Crippen molar-refractivity contribution in [2.24, 2.45) is 0 Å². The van der Waals surface area contributed by atoms with Crippen LogP contribution in [0.2, 0.25) is 0 Å². The second-order valence-corrected chi connectivity index (χ2v) is 4.33. The Bertz CT molecular complexity index is 516. The number of fused-ring (bicyclic) bond motifs is 1. The number of carboxylic acids is 1. The lowest BCUT2D eigenvalue weighted by Crippen LogP contribution is -2.43. The van der Waals surface area contributed by atoms with Crippen molar-refractivity contribution in [2.75, 3.05) is 13.4 Å². The first-order valence-electron chi connectivity index (χ1n) is 6.11. The topological polar surface area (TPSA) is 105 Å². The fraction of sp³-hybridized carbons (Fsp3) is 0.385. The minimum absolute atomic E-state index is 0.128. The minimum Gasteiger partial charge on any atom is -0.480 e. The second kappa shape index (κ2) is 6.25. The molecule has 1 amide bonds. The van der Waals surface area contributed by atoms with E-state index in [2.05, 4.69) is 5.32 Å². The Morgan fingerprint density at radius 2 is 2.05 bits per heavy atom. The van der Waals surface area contributed by atoms with Crippen LogP contribution >= 0.6 is 0 Å². The molecule has 7 nitrogen and oxygen atoms in total. The monoisotopic (exact) mass is 281 g/mol.